The van der Waals surface area contributed by atoms with Gasteiger partial charge in [0, 0.05) is 51.4 Å². The van der Waals surface area contributed by atoms with Crippen molar-refractivity contribution in [3.8, 4) is 0 Å². The molecule has 25 heavy (non-hydrogen) atoms. The molecule has 0 bridgehead atoms. The van der Waals surface area contributed by atoms with E-state index < -0.39 is 0 Å². The number of nitro groups is 1. The summed E-state index contributed by atoms with van der Waals surface area (Å²) in [5.41, 5.74) is 2.15. The van der Waals surface area contributed by atoms with Crippen molar-refractivity contribution >= 4 is 11.6 Å². The van der Waals surface area contributed by atoms with Gasteiger partial charge in [0.2, 0.25) is 0 Å². The topological polar surface area (TPSA) is 82.8 Å². The molecule has 0 unspecified atom stereocenters. The first kappa shape index (κ1) is 18.9. The highest BCUT2D eigenvalue weighted by molar-refractivity contribution is 5.80. The summed E-state index contributed by atoms with van der Waals surface area (Å²) in [7, 11) is 1.74. The van der Waals surface area contributed by atoms with Crippen molar-refractivity contribution in [2.24, 2.45) is 4.99 Å². The molecule has 1 aromatic rings. The van der Waals surface area contributed by atoms with Crippen LogP contribution in [-0.4, -0.2) is 48.5 Å². The summed E-state index contributed by atoms with van der Waals surface area (Å²) >= 11 is 0. The number of rotatable bonds is 6. The second-order valence-electron chi connectivity index (χ2n) is 6.50. The van der Waals surface area contributed by atoms with Gasteiger partial charge in [-0.1, -0.05) is 24.3 Å². The molecule has 2 N–H and O–H groups in total. The van der Waals surface area contributed by atoms with E-state index >= 15 is 0 Å². The first-order valence-corrected chi connectivity index (χ1v) is 8.55. The maximum atomic E-state index is 10.8. The number of guanidine groups is 1. The maximum Gasteiger partial charge on any atom is 0.269 e. The fraction of sp³-hybridized carbons (Fsp3) is 0.500. The van der Waals surface area contributed by atoms with Gasteiger partial charge in [0.05, 0.1) is 4.92 Å². The zero-order valence-electron chi connectivity index (χ0n) is 15.0. The van der Waals surface area contributed by atoms with Crippen LogP contribution in [0.3, 0.4) is 0 Å². The second kappa shape index (κ2) is 9.17. The van der Waals surface area contributed by atoms with Crippen molar-refractivity contribution in [1.82, 2.24) is 15.5 Å². The van der Waals surface area contributed by atoms with Gasteiger partial charge >= 0.3 is 0 Å². The summed E-state index contributed by atoms with van der Waals surface area (Å²) < 4.78 is 0. The highest BCUT2D eigenvalue weighted by Gasteiger charge is 2.19. The Kier molecular flexibility index (Phi) is 6.94. The predicted molar refractivity (Wildman–Crippen MR) is 101 cm³/mol. The Morgan fingerprint density at radius 1 is 1.44 bits per heavy atom. The Morgan fingerprint density at radius 2 is 2.16 bits per heavy atom. The number of piperidine rings is 1. The summed E-state index contributed by atoms with van der Waals surface area (Å²) in [6.45, 7) is 9.59. The molecular formula is C18H27N5O2. The van der Waals surface area contributed by atoms with Crippen LogP contribution in [0.15, 0.2) is 41.4 Å². The third kappa shape index (κ3) is 6.19. The van der Waals surface area contributed by atoms with Gasteiger partial charge in [0.1, 0.15) is 0 Å². The number of hydrogen-bond donors (Lipinski definition) is 2. The molecule has 1 aromatic carbocycles. The predicted octanol–water partition coefficient (Wildman–Crippen LogP) is 2.30. The van der Waals surface area contributed by atoms with E-state index in [0.29, 0.717) is 12.6 Å². The molecule has 0 spiro atoms. The van der Waals surface area contributed by atoms with Gasteiger partial charge < -0.3 is 10.6 Å². The first-order valence-electron chi connectivity index (χ1n) is 8.55. The standard InChI is InChI=1S/C18H27N5O2/c1-14(2)13-22-9-7-16(8-10-22)21-18(19-3)20-12-15-5-4-6-17(11-15)23(24)25/h4-6,11,16H,1,7-10,12-13H2,2-3H3,(H2,19,20,21). The normalized spacial score (nSPS) is 16.5. The Bertz CT molecular complexity index is 636. The van der Waals surface area contributed by atoms with E-state index in [-0.39, 0.29) is 10.6 Å². The van der Waals surface area contributed by atoms with Gasteiger partial charge in [0.15, 0.2) is 5.96 Å². The molecule has 136 valence electrons. The molecular weight excluding hydrogens is 318 g/mol. The van der Waals surface area contributed by atoms with Gasteiger partial charge in [0.25, 0.3) is 5.69 Å². The van der Waals surface area contributed by atoms with Crippen LogP contribution in [0.5, 0.6) is 0 Å². The molecule has 1 fully saturated rings. The van der Waals surface area contributed by atoms with Crippen molar-refractivity contribution in [1.29, 1.82) is 0 Å². The fourth-order valence-electron chi connectivity index (χ4n) is 2.97. The van der Waals surface area contributed by atoms with Crippen molar-refractivity contribution in [2.75, 3.05) is 26.7 Å². The van der Waals surface area contributed by atoms with Crippen LogP contribution in [0.2, 0.25) is 0 Å². The molecule has 0 atom stereocenters. The number of likely N-dealkylation sites (tertiary alicyclic amines) is 1. The minimum Gasteiger partial charge on any atom is -0.354 e. The number of nitrogens with zero attached hydrogens (tertiary/aromatic N) is 3. The van der Waals surface area contributed by atoms with E-state index in [1.807, 2.05) is 6.07 Å². The van der Waals surface area contributed by atoms with Gasteiger partial charge in [-0.3, -0.25) is 20.0 Å². The van der Waals surface area contributed by atoms with Crippen molar-refractivity contribution in [2.45, 2.75) is 32.4 Å². The minimum atomic E-state index is -0.380. The van der Waals surface area contributed by atoms with Crippen LogP contribution < -0.4 is 10.6 Å². The number of non-ortho nitro benzene ring substituents is 1. The summed E-state index contributed by atoms with van der Waals surface area (Å²) in [6.07, 6.45) is 2.12. The number of hydrogen-bond acceptors (Lipinski definition) is 4. The van der Waals surface area contributed by atoms with Crippen LogP contribution >= 0.6 is 0 Å². The molecule has 1 aliphatic heterocycles. The zero-order valence-corrected chi connectivity index (χ0v) is 15.0. The minimum absolute atomic E-state index is 0.104. The molecule has 2 rings (SSSR count). The SMILES string of the molecule is C=C(C)CN1CCC(NC(=NC)NCc2cccc([N+](=O)[O-])c2)CC1. The highest BCUT2D eigenvalue weighted by atomic mass is 16.6. The average molecular weight is 345 g/mol. The van der Waals surface area contributed by atoms with E-state index in [9.17, 15) is 10.1 Å². The van der Waals surface area contributed by atoms with Crippen LogP contribution in [0, 0.1) is 10.1 Å². The Labute approximate surface area is 149 Å². The average Bonchev–Trinajstić information content (AvgIpc) is 2.59. The van der Waals surface area contributed by atoms with Gasteiger partial charge in [-0.2, -0.15) is 0 Å². The second-order valence-corrected chi connectivity index (χ2v) is 6.50. The molecule has 7 nitrogen and oxygen atoms in total. The number of aliphatic imine (C=N–C) groups is 1. The third-order valence-corrected chi connectivity index (χ3v) is 4.23. The zero-order chi connectivity index (χ0) is 18.2. The summed E-state index contributed by atoms with van der Waals surface area (Å²) in [5.74, 6) is 0.727. The first-order chi connectivity index (χ1) is 12.0. The lowest BCUT2D eigenvalue weighted by Gasteiger charge is -2.33. The fourth-order valence-corrected chi connectivity index (χ4v) is 2.97. The third-order valence-electron chi connectivity index (χ3n) is 4.23. The van der Waals surface area contributed by atoms with Crippen molar-refractivity contribution < 1.29 is 4.92 Å². The summed E-state index contributed by atoms with van der Waals surface area (Å²) in [6, 6.07) is 7.02. The van der Waals surface area contributed by atoms with Gasteiger partial charge in [-0.15, -0.1) is 0 Å². The number of benzene rings is 1. The number of nitro benzene ring substituents is 1. The maximum absolute atomic E-state index is 10.8. The molecule has 1 heterocycles. The molecule has 1 aliphatic rings. The monoisotopic (exact) mass is 345 g/mol. The lowest BCUT2D eigenvalue weighted by Crippen LogP contribution is -2.48. The molecule has 7 heteroatoms. The Balaban J connectivity index is 1.81. The molecule has 1 saturated heterocycles. The van der Waals surface area contributed by atoms with E-state index in [4.69, 9.17) is 0 Å². The Morgan fingerprint density at radius 3 is 2.76 bits per heavy atom. The van der Waals surface area contributed by atoms with E-state index in [0.717, 1.165) is 44.0 Å². The molecule has 0 aliphatic carbocycles. The summed E-state index contributed by atoms with van der Waals surface area (Å²) in [5, 5.41) is 17.5. The quantitative estimate of drug-likeness (QED) is 0.272. The lowest BCUT2D eigenvalue weighted by atomic mass is 10.0. The molecule has 0 saturated carbocycles. The van der Waals surface area contributed by atoms with E-state index in [1.165, 1.54) is 11.6 Å². The lowest BCUT2D eigenvalue weighted by molar-refractivity contribution is -0.384. The Hall–Kier alpha value is -2.41. The van der Waals surface area contributed by atoms with Crippen LogP contribution in [0.4, 0.5) is 5.69 Å². The summed E-state index contributed by atoms with van der Waals surface area (Å²) in [4.78, 5) is 17.1. The van der Waals surface area contributed by atoms with Crippen molar-refractivity contribution in [3.63, 3.8) is 0 Å². The highest BCUT2D eigenvalue weighted by Crippen LogP contribution is 2.13. The largest absolute Gasteiger partial charge is 0.354 e. The van der Waals surface area contributed by atoms with Gasteiger partial charge in [-0.05, 0) is 25.3 Å². The van der Waals surface area contributed by atoms with Gasteiger partial charge in [-0.25, -0.2) is 0 Å². The van der Waals surface area contributed by atoms with Crippen LogP contribution in [0.25, 0.3) is 0 Å². The number of nitrogens with one attached hydrogen (secondary N) is 2. The van der Waals surface area contributed by atoms with Crippen LogP contribution in [-0.2, 0) is 6.54 Å². The molecule has 0 amide bonds. The smallest absolute Gasteiger partial charge is 0.269 e. The van der Waals surface area contributed by atoms with E-state index in [2.05, 4.69) is 34.0 Å². The van der Waals surface area contributed by atoms with E-state index in [1.54, 1.807) is 19.2 Å². The van der Waals surface area contributed by atoms with Crippen molar-refractivity contribution in [3.05, 3.63) is 52.1 Å². The molecule has 0 radical (unpaired) electrons. The molecule has 0 aromatic heterocycles. The van der Waals surface area contributed by atoms with Crippen LogP contribution in [0.1, 0.15) is 25.3 Å².